The van der Waals surface area contributed by atoms with Gasteiger partial charge in [-0.2, -0.15) is 0 Å². The maximum Gasteiger partial charge on any atom is 0.293 e. The van der Waals surface area contributed by atoms with Crippen molar-refractivity contribution in [2.24, 2.45) is 0 Å². The molecule has 0 heterocycles. The third kappa shape index (κ3) is 4.43. The van der Waals surface area contributed by atoms with Crippen molar-refractivity contribution in [2.45, 2.75) is 4.90 Å². The summed E-state index contributed by atoms with van der Waals surface area (Å²) in [6, 6.07) is 3.02. The van der Waals surface area contributed by atoms with E-state index in [4.69, 9.17) is 5.73 Å². The Morgan fingerprint density at radius 2 is 1.90 bits per heavy atom. The van der Waals surface area contributed by atoms with Crippen molar-refractivity contribution in [3.05, 3.63) is 28.3 Å². The summed E-state index contributed by atoms with van der Waals surface area (Å²) in [5.74, 6) is -0.372. The zero-order valence-corrected chi connectivity index (χ0v) is 12.1. The number of hydrogen-bond donors (Lipinski definition) is 2. The zero-order chi connectivity index (χ0) is 15.6. The van der Waals surface area contributed by atoms with E-state index in [0.717, 1.165) is 24.5 Å². The van der Waals surface area contributed by atoms with E-state index in [9.17, 15) is 26.9 Å². The minimum Gasteiger partial charge on any atom is -0.393 e. The molecule has 0 saturated heterocycles. The second kappa shape index (κ2) is 5.73. The van der Waals surface area contributed by atoms with Crippen molar-refractivity contribution in [3.8, 4) is 0 Å². The molecule has 0 fully saturated rings. The average molecular weight is 323 g/mol. The summed E-state index contributed by atoms with van der Waals surface area (Å²) in [4.78, 5) is 9.52. The normalized spacial score (nSPS) is 12.2. The number of sulfonamides is 1. The van der Waals surface area contributed by atoms with Gasteiger partial charge in [0.2, 0.25) is 10.0 Å². The average Bonchev–Trinajstić information content (AvgIpc) is 2.26. The van der Waals surface area contributed by atoms with Crippen molar-refractivity contribution >= 4 is 31.2 Å². The van der Waals surface area contributed by atoms with Crippen LogP contribution in [0, 0.1) is 10.1 Å². The van der Waals surface area contributed by atoms with Crippen LogP contribution in [0.1, 0.15) is 0 Å². The Morgan fingerprint density at radius 3 is 2.40 bits per heavy atom. The molecule has 1 aromatic rings. The second-order valence-electron chi connectivity index (χ2n) is 4.01. The van der Waals surface area contributed by atoms with Crippen LogP contribution in [0.3, 0.4) is 0 Å². The summed E-state index contributed by atoms with van der Waals surface area (Å²) in [6.45, 7) is -0.320. The highest BCUT2D eigenvalue weighted by atomic mass is 32.2. The topological polar surface area (TPSA) is 149 Å². The van der Waals surface area contributed by atoms with E-state index in [-0.39, 0.29) is 22.9 Å². The molecule has 1 aromatic carbocycles. The van der Waals surface area contributed by atoms with Crippen LogP contribution in [0.5, 0.6) is 0 Å². The van der Waals surface area contributed by atoms with Gasteiger partial charge in [0.15, 0.2) is 0 Å². The third-order valence-corrected chi connectivity index (χ3v) is 4.68. The van der Waals surface area contributed by atoms with Crippen LogP contribution in [-0.4, -0.2) is 40.3 Å². The Kier molecular flexibility index (Phi) is 4.68. The molecule has 11 heteroatoms. The standard InChI is InChI=1S/C9H13N3O6S2/c1-19(15,16)5-4-11-20(17,18)7-2-3-8(10)9(6-7)12(13)14/h2-3,6,11H,4-5,10H2,1H3. The number of nitrogen functional groups attached to an aromatic ring is 1. The van der Waals surface area contributed by atoms with Crippen LogP contribution < -0.4 is 10.5 Å². The van der Waals surface area contributed by atoms with E-state index in [1.165, 1.54) is 0 Å². The fraction of sp³-hybridized carbons (Fsp3) is 0.333. The van der Waals surface area contributed by atoms with Gasteiger partial charge in [0.05, 0.1) is 15.6 Å². The first kappa shape index (κ1) is 16.3. The lowest BCUT2D eigenvalue weighted by Gasteiger charge is -2.06. The molecule has 0 bridgehead atoms. The van der Waals surface area contributed by atoms with Crippen molar-refractivity contribution in [1.82, 2.24) is 4.72 Å². The Bertz CT molecular complexity index is 726. The van der Waals surface area contributed by atoms with E-state index in [0.29, 0.717) is 0 Å². The molecule has 0 unspecified atom stereocenters. The Morgan fingerprint density at radius 1 is 1.30 bits per heavy atom. The summed E-state index contributed by atoms with van der Waals surface area (Å²) >= 11 is 0. The monoisotopic (exact) mass is 323 g/mol. The van der Waals surface area contributed by atoms with Gasteiger partial charge in [-0.3, -0.25) is 10.1 Å². The minimum absolute atomic E-state index is 0.162. The summed E-state index contributed by atoms with van der Waals surface area (Å²) in [7, 11) is -7.34. The molecule has 9 nitrogen and oxygen atoms in total. The SMILES string of the molecule is CS(=O)(=O)CCNS(=O)(=O)c1ccc(N)c([N+](=O)[O-])c1. The summed E-state index contributed by atoms with van der Waals surface area (Å²) in [5, 5.41) is 10.7. The predicted molar refractivity (Wildman–Crippen MR) is 72.4 cm³/mol. The van der Waals surface area contributed by atoms with Gasteiger partial charge in [0, 0.05) is 18.9 Å². The van der Waals surface area contributed by atoms with Gasteiger partial charge in [-0.05, 0) is 12.1 Å². The Balaban J connectivity index is 2.99. The van der Waals surface area contributed by atoms with Crippen LogP contribution in [0.2, 0.25) is 0 Å². The molecule has 0 aromatic heterocycles. The van der Waals surface area contributed by atoms with Crippen molar-refractivity contribution in [2.75, 3.05) is 24.3 Å². The quantitative estimate of drug-likeness (QED) is 0.407. The number of nitrogens with two attached hydrogens (primary N) is 1. The van der Waals surface area contributed by atoms with Crippen molar-refractivity contribution in [1.29, 1.82) is 0 Å². The van der Waals surface area contributed by atoms with Crippen LogP contribution in [0.4, 0.5) is 11.4 Å². The maximum atomic E-state index is 11.8. The van der Waals surface area contributed by atoms with Crippen molar-refractivity contribution in [3.63, 3.8) is 0 Å². The molecule has 0 aliphatic rings. The van der Waals surface area contributed by atoms with Crippen LogP contribution in [0.25, 0.3) is 0 Å². The number of nitro groups is 1. The van der Waals surface area contributed by atoms with Gasteiger partial charge in [-0.15, -0.1) is 0 Å². The molecule has 20 heavy (non-hydrogen) atoms. The fourth-order valence-electron chi connectivity index (χ4n) is 1.29. The molecule has 0 amide bonds. The summed E-state index contributed by atoms with van der Waals surface area (Å²) in [5.41, 5.74) is 4.66. The highest BCUT2D eigenvalue weighted by Gasteiger charge is 2.20. The maximum absolute atomic E-state index is 11.8. The van der Waals surface area contributed by atoms with E-state index in [1.807, 2.05) is 4.72 Å². The Hall–Kier alpha value is -1.72. The molecule has 0 saturated carbocycles. The van der Waals surface area contributed by atoms with Gasteiger partial charge in [0.25, 0.3) is 5.69 Å². The molecule has 3 N–H and O–H groups in total. The smallest absolute Gasteiger partial charge is 0.293 e. The molecular weight excluding hydrogens is 310 g/mol. The predicted octanol–water partition coefficient (Wildman–Crippen LogP) is -0.500. The second-order valence-corrected chi connectivity index (χ2v) is 8.03. The van der Waals surface area contributed by atoms with Gasteiger partial charge < -0.3 is 5.73 Å². The van der Waals surface area contributed by atoms with E-state index in [1.54, 1.807) is 0 Å². The molecular formula is C9H13N3O6S2. The van der Waals surface area contributed by atoms with Gasteiger partial charge in [0.1, 0.15) is 15.5 Å². The first-order chi connectivity index (χ1) is 9.03. The number of benzene rings is 1. The van der Waals surface area contributed by atoms with E-state index >= 15 is 0 Å². The minimum atomic E-state index is -4.03. The number of sulfone groups is 1. The summed E-state index contributed by atoms with van der Waals surface area (Å²) in [6.07, 6.45) is 0.968. The van der Waals surface area contributed by atoms with Crippen LogP contribution in [0.15, 0.2) is 23.1 Å². The number of nitro benzene ring substituents is 1. The molecule has 0 atom stereocenters. The van der Waals surface area contributed by atoms with E-state index < -0.39 is 30.5 Å². The van der Waals surface area contributed by atoms with E-state index in [2.05, 4.69) is 0 Å². The van der Waals surface area contributed by atoms with Gasteiger partial charge in [-0.25, -0.2) is 21.6 Å². The Labute approximate surface area is 115 Å². The highest BCUT2D eigenvalue weighted by Crippen LogP contribution is 2.24. The molecule has 0 aliphatic heterocycles. The third-order valence-electron chi connectivity index (χ3n) is 2.27. The lowest BCUT2D eigenvalue weighted by molar-refractivity contribution is -0.384. The van der Waals surface area contributed by atoms with Crippen LogP contribution in [-0.2, 0) is 19.9 Å². The number of nitrogens with one attached hydrogen (secondary N) is 1. The molecule has 0 aliphatic carbocycles. The van der Waals surface area contributed by atoms with Crippen LogP contribution >= 0.6 is 0 Å². The molecule has 1 rings (SSSR count). The van der Waals surface area contributed by atoms with Gasteiger partial charge >= 0.3 is 0 Å². The number of rotatable bonds is 6. The number of hydrogen-bond acceptors (Lipinski definition) is 7. The molecule has 0 spiro atoms. The first-order valence-corrected chi connectivity index (χ1v) is 8.78. The summed E-state index contributed by atoms with van der Waals surface area (Å²) < 4.78 is 47.5. The van der Waals surface area contributed by atoms with Gasteiger partial charge in [-0.1, -0.05) is 0 Å². The first-order valence-electron chi connectivity index (χ1n) is 5.24. The lowest BCUT2D eigenvalue weighted by Crippen LogP contribution is -2.29. The molecule has 0 radical (unpaired) electrons. The molecule has 112 valence electrons. The highest BCUT2D eigenvalue weighted by molar-refractivity contribution is 7.91. The van der Waals surface area contributed by atoms with Crippen molar-refractivity contribution < 1.29 is 21.8 Å². The number of nitrogens with zero attached hydrogens (tertiary/aromatic N) is 1. The fourth-order valence-corrected chi connectivity index (χ4v) is 2.95. The zero-order valence-electron chi connectivity index (χ0n) is 10.4. The lowest BCUT2D eigenvalue weighted by atomic mass is 10.3. The number of anilines is 1. The largest absolute Gasteiger partial charge is 0.393 e.